The fraction of sp³-hybridized carbons (Fsp3) is 0.444. The molecule has 11 heteroatoms. The third-order valence-electron chi connectivity index (χ3n) is 6.79. The number of hydrogen-bond acceptors (Lipinski definition) is 7. The van der Waals surface area contributed by atoms with Crippen molar-refractivity contribution >= 4 is 23.5 Å². The molecule has 2 aromatic carbocycles. The Hall–Kier alpha value is -3.86. The molecule has 0 saturated carbocycles. The molecule has 2 aliphatic heterocycles. The number of nitrogens with zero attached hydrogens (tertiary/aromatic N) is 3. The first-order valence-electron chi connectivity index (χ1n) is 12.4. The summed E-state index contributed by atoms with van der Waals surface area (Å²) < 4.78 is 24.9. The first-order chi connectivity index (χ1) is 18.2. The molecule has 0 bridgehead atoms. The Morgan fingerprint density at radius 3 is 2.08 bits per heavy atom. The van der Waals surface area contributed by atoms with Gasteiger partial charge in [-0.2, -0.15) is 0 Å². The van der Waals surface area contributed by atoms with Crippen LogP contribution in [0.3, 0.4) is 0 Å². The fourth-order valence-corrected chi connectivity index (χ4v) is 4.72. The number of likely N-dealkylation sites (tertiary alicyclic amines) is 1. The molecule has 2 saturated heterocycles. The van der Waals surface area contributed by atoms with E-state index in [4.69, 9.17) is 29.3 Å². The van der Waals surface area contributed by atoms with Gasteiger partial charge in [-0.25, -0.2) is 14.0 Å². The number of carboxylic acid groups (broad SMARTS) is 2. The number of piperidine rings is 1. The van der Waals surface area contributed by atoms with E-state index in [-0.39, 0.29) is 17.6 Å². The van der Waals surface area contributed by atoms with E-state index in [2.05, 4.69) is 4.90 Å². The Morgan fingerprint density at radius 2 is 1.53 bits per heavy atom. The van der Waals surface area contributed by atoms with Crippen LogP contribution in [0.25, 0.3) is 0 Å². The Bertz CT molecular complexity index is 1100. The number of hydrogen-bond donors (Lipinski definition) is 2. The molecule has 0 atom stereocenters. The zero-order chi connectivity index (χ0) is 27.7. The number of aliphatic carboxylic acids is 2. The number of ether oxygens (including phenoxy) is 2. The molecule has 38 heavy (non-hydrogen) atoms. The molecule has 2 N–H and O–H groups in total. The van der Waals surface area contributed by atoms with E-state index < -0.39 is 11.9 Å². The summed E-state index contributed by atoms with van der Waals surface area (Å²) in [5.41, 5.74) is 1.72. The number of carbonyl (C=O) groups is 3. The maximum absolute atomic E-state index is 14.1. The van der Waals surface area contributed by atoms with Gasteiger partial charge in [0, 0.05) is 44.2 Å². The smallest absolute Gasteiger partial charge is 0.414 e. The van der Waals surface area contributed by atoms with Crippen molar-refractivity contribution in [3.8, 4) is 11.5 Å². The first-order valence-corrected chi connectivity index (χ1v) is 12.4. The second-order valence-electron chi connectivity index (χ2n) is 9.10. The fourth-order valence-electron chi connectivity index (χ4n) is 4.72. The number of amides is 1. The van der Waals surface area contributed by atoms with Gasteiger partial charge >= 0.3 is 11.9 Å². The van der Waals surface area contributed by atoms with Crippen molar-refractivity contribution in [2.24, 2.45) is 5.92 Å². The molecule has 1 amide bonds. The summed E-state index contributed by atoms with van der Waals surface area (Å²) in [6.07, 6.45) is 1.72. The van der Waals surface area contributed by atoms with E-state index in [1.54, 1.807) is 26.4 Å². The highest BCUT2D eigenvalue weighted by molar-refractivity contribution is 6.27. The summed E-state index contributed by atoms with van der Waals surface area (Å²) in [4.78, 5) is 37.7. The molecule has 2 aliphatic rings. The molecule has 10 nitrogen and oxygen atoms in total. The lowest BCUT2D eigenvalue weighted by molar-refractivity contribution is -0.159. The third kappa shape index (κ3) is 7.58. The van der Waals surface area contributed by atoms with Crippen LogP contribution in [0.15, 0.2) is 42.5 Å². The number of para-hydroxylation sites is 1. The molecular weight excluding hydrogens is 497 g/mol. The number of carbonyl (C=O) groups excluding carboxylic acids is 1. The van der Waals surface area contributed by atoms with Crippen LogP contribution in [0, 0.1) is 11.7 Å². The number of carboxylic acids is 2. The number of methoxy groups -OCH3 is 2. The Balaban J connectivity index is 0.000000599. The quantitative estimate of drug-likeness (QED) is 0.542. The van der Waals surface area contributed by atoms with Gasteiger partial charge in [0.25, 0.3) is 0 Å². The van der Waals surface area contributed by atoms with Crippen molar-refractivity contribution in [3.05, 3.63) is 53.8 Å². The van der Waals surface area contributed by atoms with Crippen molar-refractivity contribution in [1.82, 2.24) is 9.80 Å². The highest BCUT2D eigenvalue weighted by Gasteiger charge is 2.31. The topological polar surface area (TPSA) is 120 Å². The predicted molar refractivity (Wildman–Crippen MR) is 138 cm³/mol. The van der Waals surface area contributed by atoms with E-state index >= 15 is 0 Å². The van der Waals surface area contributed by atoms with Crippen LogP contribution in [0.1, 0.15) is 18.4 Å². The maximum Gasteiger partial charge on any atom is 0.414 e. The van der Waals surface area contributed by atoms with Crippen LogP contribution in [0.2, 0.25) is 0 Å². The van der Waals surface area contributed by atoms with Gasteiger partial charge in [-0.1, -0.05) is 12.1 Å². The molecule has 0 unspecified atom stereocenters. The lowest BCUT2D eigenvalue weighted by atomic mass is 9.94. The normalized spacial score (nSPS) is 16.3. The van der Waals surface area contributed by atoms with E-state index in [1.165, 1.54) is 6.07 Å². The lowest BCUT2D eigenvalue weighted by Crippen LogP contribution is -2.51. The predicted octanol–water partition coefficient (Wildman–Crippen LogP) is 2.56. The van der Waals surface area contributed by atoms with Crippen LogP contribution in [0.4, 0.5) is 10.1 Å². The second-order valence-corrected chi connectivity index (χ2v) is 9.10. The third-order valence-corrected chi connectivity index (χ3v) is 6.79. The van der Waals surface area contributed by atoms with Crippen molar-refractivity contribution in [2.75, 3.05) is 58.4 Å². The molecule has 206 valence electrons. The van der Waals surface area contributed by atoms with E-state index in [0.717, 1.165) is 49.5 Å². The Kier molecular flexibility index (Phi) is 10.3. The van der Waals surface area contributed by atoms with Gasteiger partial charge in [-0.05, 0) is 56.3 Å². The van der Waals surface area contributed by atoms with Gasteiger partial charge in [0.1, 0.15) is 17.3 Å². The second kappa shape index (κ2) is 13.6. The highest BCUT2D eigenvalue weighted by atomic mass is 19.1. The number of benzene rings is 2. The standard InChI is InChI=1S/C25H32FN3O3.C2H2O4/c1-31-21-7-8-24(32-2)20(17-21)18-27-11-9-19(10-12-27)25(30)29-15-13-28(14-16-29)23-6-4-3-5-22(23)26;3-1(4)2(5)6/h3-8,17,19H,9-16,18H2,1-2H3;(H,3,4)(H,5,6). The summed E-state index contributed by atoms with van der Waals surface area (Å²) in [7, 11) is 3.35. The highest BCUT2D eigenvalue weighted by Crippen LogP contribution is 2.28. The molecule has 0 radical (unpaired) electrons. The van der Waals surface area contributed by atoms with Crippen molar-refractivity contribution in [2.45, 2.75) is 19.4 Å². The van der Waals surface area contributed by atoms with E-state index in [0.29, 0.717) is 31.9 Å². The van der Waals surface area contributed by atoms with E-state index in [1.807, 2.05) is 34.1 Å². The van der Waals surface area contributed by atoms with Crippen LogP contribution in [-0.4, -0.2) is 91.3 Å². The van der Waals surface area contributed by atoms with Crippen LogP contribution in [-0.2, 0) is 20.9 Å². The van der Waals surface area contributed by atoms with Gasteiger partial charge in [-0.15, -0.1) is 0 Å². The summed E-state index contributed by atoms with van der Waals surface area (Å²) >= 11 is 0. The summed E-state index contributed by atoms with van der Waals surface area (Å²) in [6.45, 7) is 5.17. The monoisotopic (exact) mass is 531 g/mol. The first kappa shape index (κ1) is 28.7. The van der Waals surface area contributed by atoms with Crippen LogP contribution >= 0.6 is 0 Å². The van der Waals surface area contributed by atoms with Gasteiger partial charge in [0.05, 0.1) is 19.9 Å². The zero-order valence-electron chi connectivity index (χ0n) is 21.6. The van der Waals surface area contributed by atoms with Gasteiger partial charge in [-0.3, -0.25) is 9.69 Å². The molecular formula is C27H34FN3O7. The van der Waals surface area contributed by atoms with E-state index in [9.17, 15) is 9.18 Å². The minimum absolute atomic E-state index is 0.0680. The number of rotatable bonds is 6. The minimum Gasteiger partial charge on any atom is -0.497 e. The van der Waals surface area contributed by atoms with Crippen molar-refractivity contribution < 1.29 is 38.5 Å². The van der Waals surface area contributed by atoms with Gasteiger partial charge < -0.3 is 29.5 Å². The van der Waals surface area contributed by atoms with Crippen molar-refractivity contribution in [1.29, 1.82) is 0 Å². The van der Waals surface area contributed by atoms with Crippen molar-refractivity contribution in [3.63, 3.8) is 0 Å². The molecule has 2 fully saturated rings. The number of anilines is 1. The average Bonchev–Trinajstić information content (AvgIpc) is 2.93. The molecule has 0 aromatic heterocycles. The van der Waals surface area contributed by atoms with Gasteiger partial charge in [0.2, 0.25) is 5.91 Å². The number of piperazine rings is 1. The molecule has 2 aromatic rings. The minimum atomic E-state index is -1.82. The van der Waals surface area contributed by atoms with Crippen LogP contribution < -0.4 is 14.4 Å². The van der Waals surface area contributed by atoms with Crippen LogP contribution in [0.5, 0.6) is 11.5 Å². The molecule has 4 rings (SSSR count). The maximum atomic E-state index is 14.1. The summed E-state index contributed by atoms with van der Waals surface area (Å²) in [5.74, 6) is -1.86. The lowest BCUT2D eigenvalue weighted by Gasteiger charge is -2.39. The number of halogens is 1. The zero-order valence-corrected chi connectivity index (χ0v) is 21.6. The summed E-state index contributed by atoms with van der Waals surface area (Å²) in [5, 5.41) is 14.8. The molecule has 0 aliphatic carbocycles. The largest absolute Gasteiger partial charge is 0.497 e. The molecule has 2 heterocycles. The summed E-state index contributed by atoms with van der Waals surface area (Å²) in [6, 6.07) is 12.7. The average molecular weight is 532 g/mol. The SMILES string of the molecule is COc1ccc(OC)c(CN2CCC(C(=O)N3CCN(c4ccccc4F)CC3)CC2)c1.O=C(O)C(=O)O. The Labute approximate surface area is 221 Å². The van der Waals surface area contributed by atoms with Gasteiger partial charge in [0.15, 0.2) is 0 Å². The molecule has 0 spiro atoms. The Morgan fingerprint density at radius 1 is 0.895 bits per heavy atom.